The molecule has 0 aromatic carbocycles. The van der Waals surface area contributed by atoms with Crippen LogP contribution in [0.5, 0.6) is 0 Å². The van der Waals surface area contributed by atoms with Crippen molar-refractivity contribution >= 4 is 0 Å². The zero-order valence-electron chi connectivity index (χ0n) is 11.1. The third-order valence-electron chi connectivity index (χ3n) is 3.34. The van der Waals surface area contributed by atoms with Crippen LogP contribution in [-0.4, -0.2) is 28.5 Å². The third kappa shape index (κ3) is 3.30. The zero-order chi connectivity index (χ0) is 12.3. The highest BCUT2D eigenvalue weighted by atomic mass is 16.5. The standard InChI is InChI=1S/C13H23N3O/c1-4-16-13(7-10(2)15-16)9-14-12-5-6-17-11(3)8-12/h7,11-12,14H,4-6,8-9H2,1-3H3. The van der Waals surface area contributed by atoms with E-state index < -0.39 is 0 Å². The summed E-state index contributed by atoms with van der Waals surface area (Å²) in [4.78, 5) is 0. The van der Waals surface area contributed by atoms with Gasteiger partial charge in [-0.25, -0.2) is 0 Å². The van der Waals surface area contributed by atoms with Crippen molar-refractivity contribution in [2.45, 2.75) is 58.8 Å². The minimum absolute atomic E-state index is 0.388. The summed E-state index contributed by atoms with van der Waals surface area (Å²) >= 11 is 0. The van der Waals surface area contributed by atoms with E-state index in [-0.39, 0.29) is 0 Å². The van der Waals surface area contributed by atoms with Crippen molar-refractivity contribution in [3.63, 3.8) is 0 Å². The van der Waals surface area contributed by atoms with Gasteiger partial charge >= 0.3 is 0 Å². The summed E-state index contributed by atoms with van der Waals surface area (Å²) in [6.45, 7) is 9.05. The Labute approximate surface area is 103 Å². The first-order chi connectivity index (χ1) is 8.19. The van der Waals surface area contributed by atoms with Crippen LogP contribution in [0.3, 0.4) is 0 Å². The van der Waals surface area contributed by atoms with Gasteiger partial charge in [-0.3, -0.25) is 4.68 Å². The summed E-state index contributed by atoms with van der Waals surface area (Å²) in [5, 5.41) is 8.08. The van der Waals surface area contributed by atoms with Gasteiger partial charge in [-0.1, -0.05) is 0 Å². The van der Waals surface area contributed by atoms with Crippen LogP contribution in [0.2, 0.25) is 0 Å². The molecule has 2 atom stereocenters. The number of hydrogen-bond acceptors (Lipinski definition) is 3. The molecule has 0 spiro atoms. The minimum atomic E-state index is 0.388. The first-order valence-electron chi connectivity index (χ1n) is 6.57. The molecule has 2 unspecified atom stereocenters. The molecule has 0 aliphatic carbocycles. The van der Waals surface area contributed by atoms with Crippen molar-refractivity contribution in [3.05, 3.63) is 17.5 Å². The Morgan fingerprint density at radius 1 is 1.59 bits per heavy atom. The number of ether oxygens (including phenoxy) is 1. The van der Waals surface area contributed by atoms with E-state index in [1.807, 2.05) is 6.92 Å². The normalized spacial score (nSPS) is 25.1. The van der Waals surface area contributed by atoms with Gasteiger partial charge in [-0.15, -0.1) is 0 Å². The van der Waals surface area contributed by atoms with Gasteiger partial charge in [-0.05, 0) is 39.7 Å². The van der Waals surface area contributed by atoms with Gasteiger partial charge in [0.1, 0.15) is 0 Å². The van der Waals surface area contributed by atoms with Crippen molar-refractivity contribution in [3.8, 4) is 0 Å². The Morgan fingerprint density at radius 2 is 2.41 bits per heavy atom. The van der Waals surface area contributed by atoms with Gasteiger partial charge in [-0.2, -0.15) is 5.10 Å². The molecule has 96 valence electrons. The highest BCUT2D eigenvalue weighted by Gasteiger charge is 2.19. The average Bonchev–Trinajstić information content (AvgIpc) is 2.67. The lowest BCUT2D eigenvalue weighted by Crippen LogP contribution is -2.37. The predicted molar refractivity (Wildman–Crippen MR) is 67.9 cm³/mol. The molecule has 1 N–H and O–H groups in total. The number of hydrogen-bond donors (Lipinski definition) is 1. The van der Waals surface area contributed by atoms with Crippen molar-refractivity contribution in [1.29, 1.82) is 0 Å². The van der Waals surface area contributed by atoms with E-state index in [1.165, 1.54) is 5.69 Å². The van der Waals surface area contributed by atoms with E-state index in [0.29, 0.717) is 12.1 Å². The van der Waals surface area contributed by atoms with Crippen LogP contribution < -0.4 is 5.32 Å². The van der Waals surface area contributed by atoms with E-state index in [2.05, 4.69) is 35.0 Å². The second-order valence-electron chi connectivity index (χ2n) is 4.88. The second-order valence-corrected chi connectivity index (χ2v) is 4.88. The molecule has 1 aromatic heterocycles. The minimum Gasteiger partial charge on any atom is -0.378 e. The molecule has 1 aliphatic heterocycles. The number of rotatable bonds is 4. The fourth-order valence-electron chi connectivity index (χ4n) is 2.45. The molecule has 1 aromatic rings. The Morgan fingerprint density at radius 3 is 3.12 bits per heavy atom. The van der Waals surface area contributed by atoms with E-state index in [0.717, 1.165) is 38.2 Å². The van der Waals surface area contributed by atoms with Gasteiger partial charge in [0, 0.05) is 25.7 Å². The summed E-state index contributed by atoms with van der Waals surface area (Å²) in [5.41, 5.74) is 2.38. The monoisotopic (exact) mass is 237 g/mol. The second kappa shape index (κ2) is 5.65. The lowest BCUT2D eigenvalue weighted by Gasteiger charge is -2.28. The number of nitrogens with one attached hydrogen (secondary N) is 1. The number of nitrogens with zero attached hydrogens (tertiary/aromatic N) is 2. The van der Waals surface area contributed by atoms with E-state index in [4.69, 9.17) is 4.74 Å². The number of aryl methyl sites for hydroxylation is 2. The third-order valence-corrected chi connectivity index (χ3v) is 3.34. The Bertz CT molecular complexity index is 362. The van der Waals surface area contributed by atoms with Gasteiger partial charge in [0.25, 0.3) is 0 Å². The molecular weight excluding hydrogens is 214 g/mol. The molecule has 2 rings (SSSR count). The van der Waals surface area contributed by atoms with Crippen LogP contribution in [-0.2, 0) is 17.8 Å². The molecule has 17 heavy (non-hydrogen) atoms. The average molecular weight is 237 g/mol. The fourth-order valence-corrected chi connectivity index (χ4v) is 2.45. The SMILES string of the molecule is CCn1nc(C)cc1CNC1CCOC(C)C1. The van der Waals surface area contributed by atoms with E-state index in [1.54, 1.807) is 0 Å². The first kappa shape index (κ1) is 12.6. The summed E-state index contributed by atoms with van der Waals surface area (Å²) in [6, 6.07) is 2.75. The summed E-state index contributed by atoms with van der Waals surface area (Å²) < 4.78 is 7.63. The van der Waals surface area contributed by atoms with E-state index in [9.17, 15) is 0 Å². The highest BCUT2D eigenvalue weighted by molar-refractivity contribution is 5.08. The largest absolute Gasteiger partial charge is 0.378 e. The maximum atomic E-state index is 5.55. The van der Waals surface area contributed by atoms with E-state index >= 15 is 0 Å². The maximum Gasteiger partial charge on any atom is 0.0597 e. The predicted octanol–water partition coefficient (Wildman–Crippen LogP) is 1.87. The molecule has 1 saturated heterocycles. The highest BCUT2D eigenvalue weighted by Crippen LogP contribution is 2.14. The Balaban J connectivity index is 1.88. The lowest BCUT2D eigenvalue weighted by molar-refractivity contribution is 0.0129. The molecule has 0 bridgehead atoms. The molecule has 4 nitrogen and oxygen atoms in total. The zero-order valence-corrected chi connectivity index (χ0v) is 11.1. The summed E-state index contributed by atoms with van der Waals surface area (Å²) in [5.74, 6) is 0. The van der Waals surface area contributed by atoms with Crippen LogP contribution in [0.15, 0.2) is 6.07 Å². The van der Waals surface area contributed by atoms with Crippen LogP contribution in [0.25, 0.3) is 0 Å². The lowest BCUT2D eigenvalue weighted by atomic mass is 10.0. The molecule has 2 heterocycles. The van der Waals surface area contributed by atoms with Crippen molar-refractivity contribution in [1.82, 2.24) is 15.1 Å². The Kier molecular flexibility index (Phi) is 4.18. The molecule has 0 radical (unpaired) electrons. The van der Waals surface area contributed by atoms with Gasteiger partial charge in [0.05, 0.1) is 17.5 Å². The molecule has 0 saturated carbocycles. The van der Waals surface area contributed by atoms with Crippen LogP contribution >= 0.6 is 0 Å². The van der Waals surface area contributed by atoms with Gasteiger partial charge in [0.15, 0.2) is 0 Å². The molecular formula is C13H23N3O. The quantitative estimate of drug-likeness (QED) is 0.869. The topological polar surface area (TPSA) is 39.1 Å². The van der Waals surface area contributed by atoms with Crippen molar-refractivity contribution in [2.75, 3.05) is 6.61 Å². The molecule has 4 heteroatoms. The van der Waals surface area contributed by atoms with Crippen molar-refractivity contribution < 1.29 is 4.74 Å². The van der Waals surface area contributed by atoms with Gasteiger partial charge < -0.3 is 10.1 Å². The van der Waals surface area contributed by atoms with Crippen LogP contribution in [0.4, 0.5) is 0 Å². The molecule has 0 amide bonds. The summed E-state index contributed by atoms with van der Waals surface area (Å²) in [6.07, 6.45) is 2.61. The molecule has 1 aliphatic rings. The number of aromatic nitrogens is 2. The fraction of sp³-hybridized carbons (Fsp3) is 0.769. The van der Waals surface area contributed by atoms with Crippen LogP contribution in [0.1, 0.15) is 38.1 Å². The van der Waals surface area contributed by atoms with Crippen molar-refractivity contribution in [2.24, 2.45) is 0 Å². The first-order valence-corrected chi connectivity index (χ1v) is 6.57. The maximum absolute atomic E-state index is 5.55. The molecule has 1 fully saturated rings. The Hall–Kier alpha value is -0.870. The van der Waals surface area contributed by atoms with Gasteiger partial charge in [0.2, 0.25) is 0 Å². The summed E-state index contributed by atoms with van der Waals surface area (Å²) in [7, 11) is 0. The van der Waals surface area contributed by atoms with Crippen LogP contribution in [0, 0.1) is 6.92 Å². The smallest absolute Gasteiger partial charge is 0.0597 e.